The maximum Gasteiger partial charge on any atom is 0.259 e. The van der Waals surface area contributed by atoms with Crippen LogP contribution in [0.5, 0.6) is 0 Å². The van der Waals surface area contributed by atoms with Crippen LogP contribution in [-0.4, -0.2) is 28.3 Å². The van der Waals surface area contributed by atoms with Gasteiger partial charge in [0.25, 0.3) is 5.91 Å². The molecule has 2 heterocycles. The third-order valence-corrected chi connectivity index (χ3v) is 4.40. The fourth-order valence-electron chi connectivity index (χ4n) is 2.33. The number of benzene rings is 1. The number of nitrogens with zero attached hydrogens (tertiary/aromatic N) is 4. The van der Waals surface area contributed by atoms with Crippen LogP contribution in [-0.2, 0) is 0 Å². The molecule has 0 saturated carbocycles. The molecule has 0 unspecified atom stereocenters. The maximum absolute atomic E-state index is 12.3. The minimum absolute atomic E-state index is 0.293. The van der Waals surface area contributed by atoms with E-state index in [9.17, 15) is 4.79 Å². The van der Waals surface area contributed by atoms with Gasteiger partial charge in [-0.15, -0.1) is 0 Å². The molecule has 0 spiro atoms. The van der Waals surface area contributed by atoms with Gasteiger partial charge in [0.1, 0.15) is 12.2 Å². The second-order valence-electron chi connectivity index (χ2n) is 6.07. The van der Waals surface area contributed by atoms with Gasteiger partial charge in [-0.1, -0.05) is 37.0 Å². The Morgan fingerprint density at radius 2 is 1.92 bits per heavy atom. The summed E-state index contributed by atoms with van der Waals surface area (Å²) >= 11 is 12.0. The van der Waals surface area contributed by atoms with Crippen LogP contribution in [0, 0.1) is 5.41 Å². The lowest BCUT2D eigenvalue weighted by molar-refractivity contribution is 0.0973. The highest BCUT2D eigenvalue weighted by Gasteiger charge is 2.36. The molecule has 1 aliphatic rings. The molecule has 0 fully saturated rings. The van der Waals surface area contributed by atoms with Crippen molar-refractivity contribution in [2.45, 2.75) is 13.8 Å². The highest BCUT2D eigenvalue weighted by molar-refractivity contribution is 6.42. The molecular weight excluding hydrogens is 349 g/mol. The molecule has 0 atom stereocenters. The molecule has 8 heteroatoms. The van der Waals surface area contributed by atoms with E-state index in [4.69, 9.17) is 23.2 Å². The molecule has 0 saturated heterocycles. The van der Waals surface area contributed by atoms with Crippen LogP contribution in [0.15, 0.2) is 42.0 Å². The molecule has 2 aromatic rings. The largest absolute Gasteiger partial charge is 0.308 e. The van der Waals surface area contributed by atoms with Gasteiger partial charge in [0.05, 0.1) is 27.8 Å². The van der Waals surface area contributed by atoms with Gasteiger partial charge in [-0.25, -0.2) is 9.97 Å². The molecule has 0 aliphatic carbocycles. The smallest absolute Gasteiger partial charge is 0.259 e. The van der Waals surface area contributed by atoms with Crippen LogP contribution < -0.4 is 10.3 Å². The normalized spacial score (nSPS) is 16.0. The van der Waals surface area contributed by atoms with Crippen molar-refractivity contribution in [1.82, 2.24) is 15.3 Å². The summed E-state index contributed by atoms with van der Waals surface area (Å²) in [6.07, 6.45) is 4.29. The van der Waals surface area contributed by atoms with E-state index in [1.165, 1.54) is 18.7 Å². The highest BCUT2D eigenvalue weighted by atomic mass is 35.5. The SMILES string of the molecule is CC1(C)CN(c2ccc(Cl)c(Cl)c2)N=C1NC(=O)c1cncnc1. The lowest BCUT2D eigenvalue weighted by Crippen LogP contribution is -2.40. The maximum atomic E-state index is 12.3. The van der Waals surface area contributed by atoms with Gasteiger partial charge in [0, 0.05) is 17.8 Å². The Bertz CT molecular complexity index is 807. The topological polar surface area (TPSA) is 70.5 Å². The number of amidine groups is 1. The van der Waals surface area contributed by atoms with E-state index in [0.717, 1.165) is 5.69 Å². The Morgan fingerprint density at radius 3 is 2.58 bits per heavy atom. The Hall–Kier alpha value is -2.18. The number of hydrogen-bond donors (Lipinski definition) is 1. The number of hydrogen-bond acceptors (Lipinski definition) is 5. The molecule has 6 nitrogen and oxygen atoms in total. The van der Waals surface area contributed by atoms with Crippen molar-refractivity contribution in [3.8, 4) is 0 Å². The predicted octanol–water partition coefficient (Wildman–Crippen LogP) is 3.37. The standard InChI is InChI=1S/C16H15Cl2N5O/c1-16(2)8-23(11-3-4-12(17)13(18)5-11)22-15(16)21-14(24)10-6-19-9-20-7-10/h3-7,9H,8H2,1-2H3,(H,21,22,24). The molecule has 124 valence electrons. The molecule has 1 aliphatic heterocycles. The molecule has 1 N–H and O–H groups in total. The second-order valence-corrected chi connectivity index (χ2v) is 6.88. The average Bonchev–Trinajstić information content (AvgIpc) is 2.85. The number of rotatable bonds is 2. The summed E-state index contributed by atoms with van der Waals surface area (Å²) in [6.45, 7) is 4.61. The van der Waals surface area contributed by atoms with Crippen molar-refractivity contribution in [1.29, 1.82) is 0 Å². The first-order valence-electron chi connectivity index (χ1n) is 7.25. The highest BCUT2D eigenvalue weighted by Crippen LogP contribution is 2.33. The molecule has 0 bridgehead atoms. The first-order chi connectivity index (χ1) is 11.4. The number of nitrogens with one attached hydrogen (secondary N) is 1. The van der Waals surface area contributed by atoms with Crippen LogP contribution in [0.3, 0.4) is 0 Å². The number of amides is 1. The molecule has 1 amide bonds. The number of carbonyl (C=O) groups is 1. The fraction of sp³-hybridized carbons (Fsp3) is 0.250. The molecule has 1 aromatic heterocycles. The van der Waals surface area contributed by atoms with E-state index in [1.807, 2.05) is 19.9 Å². The monoisotopic (exact) mass is 363 g/mol. The molecule has 3 rings (SSSR count). The van der Waals surface area contributed by atoms with Gasteiger partial charge in [-0.2, -0.15) is 5.10 Å². The van der Waals surface area contributed by atoms with E-state index in [-0.39, 0.29) is 11.3 Å². The van der Waals surface area contributed by atoms with Crippen molar-refractivity contribution in [2.24, 2.45) is 10.5 Å². The number of carbonyl (C=O) groups excluding carboxylic acids is 1. The van der Waals surface area contributed by atoms with Crippen molar-refractivity contribution in [3.05, 3.63) is 52.5 Å². The Balaban J connectivity index is 1.84. The zero-order valence-electron chi connectivity index (χ0n) is 13.1. The van der Waals surface area contributed by atoms with Gasteiger partial charge in [-0.3, -0.25) is 9.80 Å². The number of halogens is 2. The number of aromatic nitrogens is 2. The predicted molar refractivity (Wildman–Crippen MR) is 94.5 cm³/mol. The van der Waals surface area contributed by atoms with Gasteiger partial charge in [0.15, 0.2) is 0 Å². The molecule has 0 radical (unpaired) electrons. The summed E-state index contributed by atoms with van der Waals surface area (Å²) in [5, 5.41) is 10.1. The van der Waals surface area contributed by atoms with Crippen molar-refractivity contribution in [2.75, 3.05) is 11.6 Å². The fourth-order valence-corrected chi connectivity index (χ4v) is 2.62. The van der Waals surface area contributed by atoms with Gasteiger partial charge < -0.3 is 5.32 Å². The van der Waals surface area contributed by atoms with Crippen LogP contribution >= 0.6 is 23.2 Å². The average molecular weight is 364 g/mol. The Kier molecular flexibility index (Phi) is 4.43. The molecular formula is C16H15Cl2N5O. The van der Waals surface area contributed by atoms with Crippen molar-refractivity contribution < 1.29 is 4.79 Å². The summed E-state index contributed by atoms with van der Waals surface area (Å²) in [5.41, 5.74) is 0.853. The Morgan fingerprint density at radius 1 is 1.21 bits per heavy atom. The minimum Gasteiger partial charge on any atom is -0.308 e. The van der Waals surface area contributed by atoms with E-state index < -0.39 is 0 Å². The summed E-state index contributed by atoms with van der Waals surface area (Å²) in [5.74, 6) is 0.279. The molecule has 24 heavy (non-hydrogen) atoms. The van der Waals surface area contributed by atoms with Gasteiger partial charge in [-0.05, 0) is 18.2 Å². The van der Waals surface area contributed by atoms with E-state index in [2.05, 4.69) is 20.4 Å². The van der Waals surface area contributed by atoms with Gasteiger partial charge in [0.2, 0.25) is 0 Å². The zero-order valence-corrected chi connectivity index (χ0v) is 14.6. The summed E-state index contributed by atoms with van der Waals surface area (Å²) < 4.78 is 0. The van der Waals surface area contributed by atoms with Crippen LogP contribution in [0.25, 0.3) is 0 Å². The summed E-state index contributed by atoms with van der Waals surface area (Å²) in [7, 11) is 0. The summed E-state index contributed by atoms with van der Waals surface area (Å²) in [6, 6.07) is 5.31. The van der Waals surface area contributed by atoms with Crippen molar-refractivity contribution in [3.63, 3.8) is 0 Å². The number of anilines is 1. The lowest BCUT2D eigenvalue weighted by atomic mass is 9.92. The van der Waals surface area contributed by atoms with Crippen LogP contribution in [0.4, 0.5) is 5.69 Å². The first-order valence-corrected chi connectivity index (χ1v) is 8.00. The minimum atomic E-state index is -0.336. The third-order valence-electron chi connectivity index (χ3n) is 3.66. The summed E-state index contributed by atoms with van der Waals surface area (Å²) in [4.78, 5) is 20.0. The van der Waals surface area contributed by atoms with Gasteiger partial charge >= 0.3 is 0 Å². The third kappa shape index (κ3) is 3.34. The first kappa shape index (κ1) is 16.7. The van der Waals surface area contributed by atoms with E-state index >= 15 is 0 Å². The quantitative estimate of drug-likeness (QED) is 0.887. The van der Waals surface area contributed by atoms with Crippen LogP contribution in [0.2, 0.25) is 10.0 Å². The Labute approximate surface area is 149 Å². The molecule has 1 aromatic carbocycles. The zero-order chi connectivity index (χ0) is 17.3. The van der Waals surface area contributed by atoms with E-state index in [1.54, 1.807) is 17.1 Å². The van der Waals surface area contributed by atoms with Crippen LogP contribution in [0.1, 0.15) is 24.2 Å². The second kappa shape index (κ2) is 6.37. The number of hydrazone groups is 1. The van der Waals surface area contributed by atoms with Crippen molar-refractivity contribution >= 4 is 40.6 Å². The van der Waals surface area contributed by atoms with E-state index in [0.29, 0.717) is 28.0 Å². The lowest BCUT2D eigenvalue weighted by Gasteiger charge is -2.21.